The zero-order valence-corrected chi connectivity index (χ0v) is 37.0. The first-order chi connectivity index (χ1) is 12.5. The Bertz CT molecular complexity index is 353. The summed E-state index contributed by atoms with van der Waals surface area (Å²) in [6.45, 7) is 19.0. The number of nitrogens with zero attached hydrogens (tertiary/aromatic N) is 2. The first-order valence-corrected chi connectivity index (χ1v) is 11.6. The minimum Gasteiger partial charge on any atom is -0.605 e. The summed E-state index contributed by atoms with van der Waals surface area (Å²) >= 11 is 0. The van der Waals surface area contributed by atoms with E-state index in [1.54, 1.807) is 0 Å². The third-order valence-electron chi connectivity index (χ3n) is 6.92. The van der Waals surface area contributed by atoms with Crippen LogP contribution >= 0.6 is 0 Å². The molecule has 3 aliphatic rings. The molecule has 156 valence electrons. The number of piperidine rings is 1. The molecule has 1 spiro atoms. The van der Waals surface area contributed by atoms with E-state index in [-0.39, 0.29) is 175 Å². The zero-order valence-electron chi connectivity index (χ0n) is 22.2. The summed E-state index contributed by atoms with van der Waals surface area (Å²) in [5.74, 6) is 2.88. The Hall–Kier alpha value is 5.34. The molecule has 0 atom stereocenters. The first-order valence-electron chi connectivity index (χ1n) is 11.6. The molecule has 2 aliphatic carbocycles. The Morgan fingerprint density at radius 2 is 1.34 bits per heavy atom. The van der Waals surface area contributed by atoms with Crippen LogP contribution in [-0.2, 0) is 0 Å². The summed E-state index contributed by atoms with van der Waals surface area (Å²) in [4.78, 5) is 4.87. The van der Waals surface area contributed by atoms with Crippen molar-refractivity contribution in [3.63, 3.8) is 0 Å². The Morgan fingerprint density at radius 3 is 1.72 bits per heavy atom. The van der Waals surface area contributed by atoms with Gasteiger partial charge in [0.1, 0.15) is 0 Å². The van der Waals surface area contributed by atoms with Gasteiger partial charge in [0.25, 0.3) is 0 Å². The number of likely N-dealkylation sites (tertiary alicyclic amines) is 1. The van der Waals surface area contributed by atoms with E-state index >= 15 is 0 Å². The number of hydrogen-bond donors (Lipinski definition) is 0. The second-order valence-corrected chi connectivity index (χ2v) is 9.01. The van der Waals surface area contributed by atoms with E-state index in [1.165, 1.54) is 57.9 Å². The number of hydrogen-bond acceptors (Lipinski definition) is 2. The van der Waals surface area contributed by atoms with Crippen LogP contribution in [0.1, 0.15) is 92.9 Å². The smallest absolute Gasteiger partial charge is 0.605 e. The second-order valence-electron chi connectivity index (χ2n) is 9.01. The van der Waals surface area contributed by atoms with E-state index < -0.39 is 0 Å². The van der Waals surface area contributed by atoms with Crippen LogP contribution < -0.4 is 175 Å². The molecule has 5 heteroatoms. The van der Waals surface area contributed by atoms with Gasteiger partial charge in [-0.25, -0.2) is 0 Å². The third-order valence-corrected chi connectivity index (χ3v) is 6.92. The van der Waals surface area contributed by atoms with Crippen LogP contribution in [0.25, 0.3) is 0 Å². The molecule has 1 saturated heterocycles. The van der Waals surface area contributed by atoms with Gasteiger partial charge in [-0.3, -0.25) is 13.1 Å². The van der Waals surface area contributed by atoms with Crippen molar-refractivity contribution in [2.24, 2.45) is 23.2 Å². The molecular weight excluding hydrogens is 573 g/mol. The summed E-state index contributed by atoms with van der Waals surface area (Å²) in [6, 6.07) is 0.716. The summed E-state index contributed by atoms with van der Waals surface area (Å²) in [7, 11) is 4.40. The maximum atomic E-state index is 2.51. The van der Waals surface area contributed by atoms with Crippen LogP contribution in [0.4, 0.5) is 0 Å². The van der Waals surface area contributed by atoms with Crippen LogP contribution in [0.2, 0.25) is 0 Å². The van der Waals surface area contributed by atoms with E-state index in [1.807, 2.05) is 27.7 Å². The predicted octanol–water partition coefficient (Wildman–Crippen LogP) is -2.36. The largest absolute Gasteiger partial charge is 1.00 e. The molecule has 1 heterocycles. The third kappa shape index (κ3) is 13.4. The van der Waals surface area contributed by atoms with Crippen molar-refractivity contribution in [1.29, 1.82) is 0 Å². The van der Waals surface area contributed by atoms with Crippen molar-refractivity contribution < 1.29 is 175 Å². The van der Waals surface area contributed by atoms with Crippen LogP contribution in [0.5, 0.6) is 0 Å². The summed E-state index contributed by atoms with van der Waals surface area (Å²) in [5, 5.41) is 0. The maximum absolute atomic E-state index is 2.51. The van der Waals surface area contributed by atoms with Gasteiger partial charge in [-0.1, -0.05) is 48.1 Å². The predicted molar refractivity (Wildman–Crippen MR) is 117 cm³/mol. The maximum Gasteiger partial charge on any atom is 1.00 e. The Morgan fingerprint density at radius 1 is 0.897 bits per heavy atom. The van der Waals surface area contributed by atoms with Gasteiger partial charge in [0.05, 0.1) is 0 Å². The molecule has 0 N–H and O–H groups in total. The van der Waals surface area contributed by atoms with Gasteiger partial charge in [0.15, 0.2) is 0 Å². The van der Waals surface area contributed by atoms with Crippen LogP contribution in [0.15, 0.2) is 0 Å². The minimum absolute atomic E-state index is 0. The van der Waals surface area contributed by atoms with Crippen LogP contribution in [-0.4, -0.2) is 36.5 Å². The normalized spacial score (nSPS) is 29.2. The molecule has 0 bridgehead atoms. The SMILES string of the molecule is CC.CC.CC(C)C1CC2(CCC(CN3[CH-]CC(N(C)C)C[CH-]3)CC2)C1.[Rb+].[Rb+].[Rb+]. The molecule has 0 aromatic carbocycles. The molecule has 0 aromatic rings. The van der Waals surface area contributed by atoms with Crippen molar-refractivity contribution in [3.8, 4) is 0 Å². The average Bonchev–Trinajstić information content (AvgIpc) is 2.64. The fraction of sp³-hybridized carbons (Fsp3) is 0.917. The summed E-state index contributed by atoms with van der Waals surface area (Å²) < 4.78 is 0. The summed E-state index contributed by atoms with van der Waals surface area (Å²) in [5.41, 5.74) is 0.775. The van der Waals surface area contributed by atoms with Gasteiger partial charge in [-0.2, -0.15) is 12.8 Å². The molecule has 0 radical (unpaired) electrons. The van der Waals surface area contributed by atoms with Gasteiger partial charge in [0.2, 0.25) is 0 Å². The standard InChI is InChI=1S/C20H36N2.2C2H6.3Rb/c1-16(2)18-13-20(14-18)9-5-17(6-10-20)15-22-11-7-19(8-12-22)21(3)4;2*1-2;;;/h11-12,16-19H,5-10,13-15H2,1-4H3;2*1-2H3;;;/q-2;;;3*+1. The fourth-order valence-corrected chi connectivity index (χ4v) is 4.96. The molecule has 3 fully saturated rings. The van der Waals surface area contributed by atoms with E-state index in [9.17, 15) is 0 Å². The van der Waals surface area contributed by atoms with Crippen LogP contribution in [0.3, 0.4) is 0 Å². The Kier molecular flexibility index (Phi) is 28.7. The van der Waals surface area contributed by atoms with Crippen LogP contribution in [0, 0.1) is 36.3 Å². The van der Waals surface area contributed by atoms with Gasteiger partial charge in [-0.05, 0) is 81.8 Å². The Balaban J connectivity index is -0.000000911. The van der Waals surface area contributed by atoms with E-state index in [0.29, 0.717) is 6.04 Å². The molecule has 2 saturated carbocycles. The topological polar surface area (TPSA) is 6.48 Å². The fourth-order valence-electron chi connectivity index (χ4n) is 4.96. The number of rotatable bonds is 4. The molecule has 0 amide bonds. The molecule has 29 heavy (non-hydrogen) atoms. The van der Waals surface area contributed by atoms with E-state index in [4.69, 9.17) is 0 Å². The second kappa shape index (κ2) is 21.4. The Labute approximate surface area is 332 Å². The quantitative estimate of drug-likeness (QED) is 0.325. The zero-order chi connectivity index (χ0) is 19.7. The monoisotopic (exact) mass is 619 g/mol. The van der Waals surface area contributed by atoms with Crippen molar-refractivity contribution >= 4 is 0 Å². The minimum atomic E-state index is 0. The van der Waals surface area contributed by atoms with Crippen molar-refractivity contribution in [2.45, 2.75) is 99.0 Å². The first kappa shape index (κ1) is 38.9. The van der Waals surface area contributed by atoms with Gasteiger partial charge >= 0.3 is 175 Å². The van der Waals surface area contributed by atoms with E-state index in [2.05, 4.69) is 50.8 Å². The summed E-state index contributed by atoms with van der Waals surface area (Å²) in [6.07, 6.45) is 11.5. The van der Waals surface area contributed by atoms with Gasteiger partial charge in [-0.15, -0.1) is 0 Å². The molecule has 0 unspecified atom stereocenters. The van der Waals surface area contributed by atoms with E-state index in [0.717, 1.165) is 23.2 Å². The average molecular weight is 621 g/mol. The van der Waals surface area contributed by atoms with Crippen molar-refractivity contribution in [1.82, 2.24) is 9.80 Å². The molecule has 3 rings (SSSR count). The molecule has 2 nitrogen and oxygen atoms in total. The molecular formula is C24H48N2Rb3+. The van der Waals surface area contributed by atoms with Gasteiger partial charge < -0.3 is 9.80 Å². The molecule has 0 aromatic heterocycles. The molecule has 1 aliphatic heterocycles. The van der Waals surface area contributed by atoms with Gasteiger partial charge in [0, 0.05) is 0 Å². The van der Waals surface area contributed by atoms with Crippen molar-refractivity contribution in [3.05, 3.63) is 13.1 Å². The van der Waals surface area contributed by atoms with Crippen molar-refractivity contribution in [2.75, 3.05) is 20.6 Å².